The van der Waals surface area contributed by atoms with Crippen LogP contribution in [0.1, 0.15) is 52.1 Å². The minimum atomic E-state index is -0.552. The highest BCUT2D eigenvalue weighted by Gasteiger charge is 2.36. The molecule has 0 radical (unpaired) electrons. The lowest BCUT2D eigenvalue weighted by molar-refractivity contribution is -0.113. The van der Waals surface area contributed by atoms with Gasteiger partial charge in [0.05, 0.1) is 24.5 Å². The van der Waals surface area contributed by atoms with Crippen LogP contribution in [0.2, 0.25) is 0 Å². The molecule has 0 fully saturated rings. The largest absolute Gasteiger partial charge is 0.493 e. The highest BCUT2D eigenvalue weighted by atomic mass is 79.9. The Morgan fingerprint density at radius 3 is 2.70 bits per heavy atom. The van der Waals surface area contributed by atoms with Gasteiger partial charge in [0, 0.05) is 21.5 Å². The number of aromatic nitrogens is 3. The number of rotatable bonds is 11. The van der Waals surface area contributed by atoms with Crippen LogP contribution in [0.5, 0.6) is 11.5 Å². The number of para-hydroxylation sites is 2. The molecule has 2 aromatic carbocycles. The monoisotopic (exact) mass is 585 g/mol. The molecule has 2 heterocycles. The fourth-order valence-corrected chi connectivity index (χ4v) is 5.15. The van der Waals surface area contributed by atoms with Crippen LogP contribution in [0.25, 0.3) is 0 Å². The zero-order valence-corrected chi connectivity index (χ0v) is 23.9. The first-order chi connectivity index (χ1) is 18.0. The van der Waals surface area contributed by atoms with Crippen molar-refractivity contribution in [2.45, 2.75) is 51.7 Å². The predicted molar refractivity (Wildman–Crippen MR) is 152 cm³/mol. The summed E-state index contributed by atoms with van der Waals surface area (Å²) in [4.78, 5) is 18.6. The minimum Gasteiger partial charge on any atom is -0.493 e. The van der Waals surface area contributed by atoms with E-state index in [4.69, 9.17) is 19.6 Å². The Balaban J connectivity index is 1.81. The fourth-order valence-electron chi connectivity index (χ4n) is 4.08. The van der Waals surface area contributed by atoms with Crippen LogP contribution in [-0.2, 0) is 4.79 Å². The minimum absolute atomic E-state index is 0.257. The number of halogens is 1. The number of anilines is 2. The van der Waals surface area contributed by atoms with Crippen molar-refractivity contribution in [2.75, 3.05) is 29.6 Å². The number of nitrogens with zero attached hydrogens (tertiary/aromatic N) is 3. The second kappa shape index (κ2) is 12.5. The molecule has 1 aliphatic rings. The van der Waals surface area contributed by atoms with E-state index >= 15 is 0 Å². The van der Waals surface area contributed by atoms with E-state index in [2.05, 4.69) is 40.4 Å². The summed E-state index contributed by atoms with van der Waals surface area (Å²) in [5.41, 5.74) is 2.65. The van der Waals surface area contributed by atoms with Crippen molar-refractivity contribution < 1.29 is 14.3 Å². The molecule has 0 saturated carbocycles. The van der Waals surface area contributed by atoms with Crippen molar-refractivity contribution in [2.24, 2.45) is 0 Å². The Kier molecular flexibility index (Phi) is 9.15. The summed E-state index contributed by atoms with van der Waals surface area (Å²) in [5, 5.41) is 11.8. The number of hydrogen-bond acceptors (Lipinski definition) is 7. The Morgan fingerprint density at radius 1 is 1.14 bits per heavy atom. The van der Waals surface area contributed by atoms with Crippen LogP contribution < -0.4 is 20.1 Å². The van der Waals surface area contributed by atoms with E-state index in [-0.39, 0.29) is 5.91 Å². The summed E-state index contributed by atoms with van der Waals surface area (Å²) in [7, 11) is 0. The smallest absolute Gasteiger partial charge is 0.255 e. The van der Waals surface area contributed by atoms with Gasteiger partial charge in [0.25, 0.3) is 5.91 Å². The summed E-state index contributed by atoms with van der Waals surface area (Å²) >= 11 is 5.20. The normalized spacial score (nSPS) is 14.7. The molecule has 4 rings (SSSR count). The number of fused-ring (bicyclic) bond motifs is 1. The number of benzene rings is 2. The topological polar surface area (TPSA) is 90.3 Å². The Labute approximate surface area is 230 Å². The molecule has 1 aliphatic heterocycles. The van der Waals surface area contributed by atoms with E-state index in [9.17, 15) is 4.79 Å². The third-order valence-corrected chi connectivity index (χ3v) is 7.21. The summed E-state index contributed by atoms with van der Waals surface area (Å²) in [5.74, 6) is 2.56. The molecule has 1 atom stereocenters. The molecule has 1 aromatic heterocycles. The zero-order valence-electron chi connectivity index (χ0n) is 21.5. The average molecular weight is 587 g/mol. The van der Waals surface area contributed by atoms with Gasteiger partial charge in [-0.2, -0.15) is 4.98 Å². The van der Waals surface area contributed by atoms with Crippen molar-refractivity contribution in [1.29, 1.82) is 0 Å². The van der Waals surface area contributed by atoms with Gasteiger partial charge >= 0.3 is 0 Å². The van der Waals surface area contributed by atoms with E-state index in [1.54, 1.807) is 16.4 Å². The maximum absolute atomic E-state index is 13.9. The number of hydrogen-bond donors (Lipinski definition) is 2. The Morgan fingerprint density at radius 2 is 1.95 bits per heavy atom. The van der Waals surface area contributed by atoms with Gasteiger partial charge in [0.2, 0.25) is 11.1 Å². The highest BCUT2D eigenvalue weighted by molar-refractivity contribution is 9.10. The van der Waals surface area contributed by atoms with Crippen molar-refractivity contribution >= 4 is 45.2 Å². The second-order valence-corrected chi connectivity index (χ2v) is 10.5. The molecule has 1 amide bonds. The molecule has 10 heteroatoms. The first kappa shape index (κ1) is 27.1. The van der Waals surface area contributed by atoms with Crippen molar-refractivity contribution in [1.82, 2.24) is 14.8 Å². The van der Waals surface area contributed by atoms with E-state index in [1.807, 2.05) is 56.3 Å². The van der Waals surface area contributed by atoms with Crippen LogP contribution in [0, 0.1) is 0 Å². The maximum atomic E-state index is 13.9. The molecule has 2 N–H and O–H groups in total. The lowest BCUT2D eigenvalue weighted by atomic mass is 9.94. The standard InChI is InChI=1S/C27H32BrN5O3S/c1-5-14-36-21-13-12-18(28)16-19(21)24-23(25(34)30-20-10-8-9-11-22(20)35-7-3)17(4)29-26-31-27(32-33(24)26)37-15-6-2/h8-13,16,24H,5-7,14-15H2,1-4H3,(H,30,34)(H,29,31,32). The third-order valence-electron chi connectivity index (χ3n) is 5.68. The van der Waals surface area contributed by atoms with E-state index in [0.29, 0.717) is 52.8 Å². The van der Waals surface area contributed by atoms with Gasteiger partial charge in [0.1, 0.15) is 17.5 Å². The SMILES string of the molecule is CCCOc1ccc(Br)cc1C1C(C(=O)Nc2ccccc2OCC)=C(C)Nc2nc(SCCC)nn21. The first-order valence-electron chi connectivity index (χ1n) is 12.5. The molecule has 196 valence electrons. The summed E-state index contributed by atoms with van der Waals surface area (Å²) in [6.45, 7) is 9.05. The number of amides is 1. The van der Waals surface area contributed by atoms with Crippen molar-refractivity contribution in [3.63, 3.8) is 0 Å². The van der Waals surface area contributed by atoms with Crippen LogP contribution in [-0.4, -0.2) is 39.6 Å². The molecule has 1 unspecified atom stereocenters. The van der Waals surface area contributed by atoms with Gasteiger partial charge in [-0.05, 0) is 57.0 Å². The van der Waals surface area contributed by atoms with Crippen LogP contribution >= 0.6 is 27.7 Å². The summed E-state index contributed by atoms with van der Waals surface area (Å²) in [6.07, 6.45) is 1.88. The molecule has 0 aliphatic carbocycles. The number of carbonyl (C=O) groups excluding carboxylic acids is 1. The lowest BCUT2D eigenvalue weighted by Crippen LogP contribution is -2.32. The van der Waals surface area contributed by atoms with Gasteiger partial charge in [-0.25, -0.2) is 4.68 Å². The Bertz CT molecular complexity index is 1290. The number of thioether (sulfide) groups is 1. The molecule has 0 bridgehead atoms. The van der Waals surface area contributed by atoms with Gasteiger partial charge in [-0.1, -0.05) is 53.7 Å². The number of allylic oxidation sites excluding steroid dienone is 1. The molecule has 0 saturated heterocycles. The van der Waals surface area contributed by atoms with Crippen LogP contribution in [0.15, 0.2) is 63.4 Å². The predicted octanol–water partition coefficient (Wildman–Crippen LogP) is 6.66. The van der Waals surface area contributed by atoms with Gasteiger partial charge in [-0.15, -0.1) is 5.10 Å². The van der Waals surface area contributed by atoms with E-state index in [0.717, 1.165) is 28.6 Å². The van der Waals surface area contributed by atoms with Crippen LogP contribution in [0.4, 0.5) is 11.6 Å². The molecule has 8 nitrogen and oxygen atoms in total. The zero-order chi connectivity index (χ0) is 26.4. The van der Waals surface area contributed by atoms with Gasteiger partial charge in [0.15, 0.2) is 0 Å². The third kappa shape index (κ3) is 6.13. The maximum Gasteiger partial charge on any atom is 0.255 e. The van der Waals surface area contributed by atoms with Crippen molar-refractivity contribution in [3.05, 3.63) is 63.8 Å². The molecule has 37 heavy (non-hydrogen) atoms. The van der Waals surface area contributed by atoms with Gasteiger partial charge in [-0.3, -0.25) is 4.79 Å². The van der Waals surface area contributed by atoms with Crippen molar-refractivity contribution in [3.8, 4) is 11.5 Å². The van der Waals surface area contributed by atoms with Crippen LogP contribution in [0.3, 0.4) is 0 Å². The van der Waals surface area contributed by atoms with E-state index in [1.165, 1.54) is 0 Å². The molecular formula is C27H32BrN5O3S. The number of ether oxygens (including phenoxy) is 2. The summed E-state index contributed by atoms with van der Waals surface area (Å²) < 4.78 is 14.5. The number of carbonyl (C=O) groups is 1. The second-order valence-electron chi connectivity index (χ2n) is 8.49. The average Bonchev–Trinajstić information content (AvgIpc) is 3.29. The highest BCUT2D eigenvalue weighted by Crippen LogP contribution is 2.41. The Hall–Kier alpha value is -2.98. The number of nitrogens with one attached hydrogen (secondary N) is 2. The van der Waals surface area contributed by atoms with Gasteiger partial charge < -0.3 is 20.1 Å². The first-order valence-corrected chi connectivity index (χ1v) is 14.3. The fraction of sp³-hybridized carbons (Fsp3) is 0.370. The quantitative estimate of drug-likeness (QED) is 0.243. The molecule has 0 spiro atoms. The van der Waals surface area contributed by atoms with E-state index < -0.39 is 6.04 Å². The molecule has 3 aromatic rings. The lowest BCUT2D eigenvalue weighted by Gasteiger charge is -2.30. The molecular weight excluding hydrogens is 554 g/mol. The summed E-state index contributed by atoms with van der Waals surface area (Å²) in [6, 6.07) is 12.7.